The van der Waals surface area contributed by atoms with Crippen molar-refractivity contribution in [2.75, 3.05) is 33.0 Å². The third-order valence-electron chi connectivity index (χ3n) is 5.83. The zero-order valence-electron chi connectivity index (χ0n) is 21.9. The molecule has 4 N–H and O–H groups in total. The molecule has 3 aromatic rings. The average molecular weight is 554 g/mol. The van der Waals surface area contributed by atoms with Gasteiger partial charge in [0.15, 0.2) is 5.78 Å². The van der Waals surface area contributed by atoms with Crippen LogP contribution in [0.1, 0.15) is 39.9 Å². The summed E-state index contributed by atoms with van der Waals surface area (Å²) >= 11 is 0. The smallest absolute Gasteiger partial charge is 0.283 e. The summed E-state index contributed by atoms with van der Waals surface area (Å²) in [6.07, 6.45) is 0.448. The topological polar surface area (TPSA) is 175 Å². The van der Waals surface area contributed by atoms with Gasteiger partial charge in [0, 0.05) is 51.7 Å². The Labute approximate surface area is 229 Å². The van der Waals surface area contributed by atoms with Crippen LogP contribution in [0.5, 0.6) is 5.75 Å². The molecule has 3 rings (SSSR count). The largest absolute Gasteiger partial charge is 0.455 e. The second-order valence-electron chi connectivity index (χ2n) is 8.59. The van der Waals surface area contributed by atoms with E-state index in [1.54, 1.807) is 24.3 Å². The average Bonchev–Trinajstić information content (AvgIpc) is 2.93. The number of para-hydroxylation sites is 1. The van der Waals surface area contributed by atoms with Crippen LogP contribution in [-0.4, -0.2) is 70.1 Å². The number of nitrogens with one attached hydrogen (secondary N) is 1. The van der Waals surface area contributed by atoms with Crippen molar-refractivity contribution in [3.05, 3.63) is 98.3 Å². The Morgan fingerprint density at radius 2 is 1.65 bits per heavy atom. The monoisotopic (exact) mass is 553 g/mol. The molecule has 13 nitrogen and oxygen atoms in total. The summed E-state index contributed by atoms with van der Waals surface area (Å²) < 4.78 is 6.82. The van der Waals surface area contributed by atoms with E-state index in [2.05, 4.69) is 5.32 Å². The summed E-state index contributed by atoms with van der Waals surface area (Å²) in [6.45, 7) is 1.69. The number of Topliss-reactive ketones (excluding diaryl/α,β-unsaturated/α-hetero) is 1. The van der Waals surface area contributed by atoms with Crippen LogP contribution in [-0.2, 0) is 11.2 Å². The van der Waals surface area contributed by atoms with Gasteiger partial charge in [0.2, 0.25) is 5.91 Å². The maximum absolute atomic E-state index is 12.9. The van der Waals surface area contributed by atoms with Crippen LogP contribution in [0.15, 0.2) is 70.3 Å². The fourth-order valence-corrected chi connectivity index (χ4v) is 3.83. The van der Waals surface area contributed by atoms with Crippen molar-refractivity contribution in [2.24, 2.45) is 5.73 Å². The van der Waals surface area contributed by atoms with Crippen molar-refractivity contribution in [3.8, 4) is 5.75 Å². The Bertz CT molecular complexity index is 1470. The first-order valence-corrected chi connectivity index (χ1v) is 12.5. The lowest BCUT2D eigenvalue weighted by Crippen LogP contribution is -2.41. The van der Waals surface area contributed by atoms with Crippen LogP contribution in [0.25, 0.3) is 0 Å². The normalized spacial score (nSPS) is 10.6. The van der Waals surface area contributed by atoms with Crippen molar-refractivity contribution in [1.29, 1.82) is 0 Å². The van der Waals surface area contributed by atoms with Gasteiger partial charge in [0.25, 0.3) is 23.8 Å². The van der Waals surface area contributed by atoms with Crippen LogP contribution in [0.4, 0.5) is 0 Å². The van der Waals surface area contributed by atoms with Gasteiger partial charge in [-0.15, -0.1) is 9.46 Å². The zero-order chi connectivity index (χ0) is 29.1. The number of hydrogen-bond donors (Lipinski definition) is 3. The number of nitrogens with two attached hydrogens (primary N) is 1. The zero-order valence-corrected chi connectivity index (χ0v) is 21.9. The molecule has 0 bridgehead atoms. The Morgan fingerprint density at radius 3 is 2.38 bits per heavy atom. The van der Waals surface area contributed by atoms with E-state index in [1.807, 2.05) is 0 Å². The number of ether oxygens (including phenoxy) is 1. The molecule has 0 spiro atoms. The highest BCUT2D eigenvalue weighted by atomic mass is 16.8. The number of hydrogen-bond acceptors (Lipinski definition) is 9. The number of nitrogens with zero attached hydrogens (tertiary/aromatic N) is 3. The predicted octanol–water partition coefficient (Wildman–Crippen LogP) is 0.0649. The number of ketones is 1. The maximum atomic E-state index is 12.9. The van der Waals surface area contributed by atoms with Gasteiger partial charge in [-0.3, -0.25) is 24.0 Å². The summed E-state index contributed by atoms with van der Waals surface area (Å²) in [5.74, 6) is -0.764. The SMILES string of the molecule is CC(=O)c1cccc(=O)n1OCOc1ccccc1CCC(=O)N(CCN)CCNC(=O)c1cccc(=O)n1O. The van der Waals surface area contributed by atoms with E-state index >= 15 is 0 Å². The van der Waals surface area contributed by atoms with E-state index in [-0.39, 0.29) is 67.2 Å². The fourth-order valence-electron chi connectivity index (χ4n) is 3.83. The second kappa shape index (κ2) is 14.3. The van der Waals surface area contributed by atoms with Gasteiger partial charge in [-0.1, -0.05) is 30.3 Å². The van der Waals surface area contributed by atoms with E-state index in [0.717, 1.165) is 16.4 Å². The third kappa shape index (κ3) is 7.80. The Hall–Kier alpha value is -4.91. The number of aromatic nitrogens is 2. The second-order valence-corrected chi connectivity index (χ2v) is 8.59. The highest BCUT2D eigenvalue weighted by molar-refractivity contribution is 5.92. The van der Waals surface area contributed by atoms with Gasteiger partial charge < -0.3 is 30.7 Å². The van der Waals surface area contributed by atoms with Gasteiger partial charge in [-0.25, -0.2) is 0 Å². The minimum atomic E-state index is -0.738. The van der Waals surface area contributed by atoms with Gasteiger partial charge in [0.05, 0.1) is 0 Å². The molecule has 0 atom stereocenters. The van der Waals surface area contributed by atoms with Crippen molar-refractivity contribution in [1.82, 2.24) is 19.7 Å². The van der Waals surface area contributed by atoms with Gasteiger partial charge >= 0.3 is 0 Å². The lowest BCUT2D eigenvalue weighted by atomic mass is 10.1. The molecule has 0 aliphatic carbocycles. The Kier molecular flexibility index (Phi) is 10.6. The molecule has 1 aromatic carbocycles. The lowest BCUT2D eigenvalue weighted by Gasteiger charge is -2.22. The summed E-state index contributed by atoms with van der Waals surface area (Å²) in [5, 5.41) is 12.3. The number of benzene rings is 1. The van der Waals surface area contributed by atoms with Crippen LogP contribution in [0, 0.1) is 0 Å². The summed E-state index contributed by atoms with van der Waals surface area (Å²) in [5.41, 5.74) is 5.00. The van der Waals surface area contributed by atoms with E-state index < -0.39 is 17.0 Å². The van der Waals surface area contributed by atoms with E-state index in [1.165, 1.54) is 42.2 Å². The van der Waals surface area contributed by atoms with Crippen molar-refractivity contribution in [3.63, 3.8) is 0 Å². The number of pyridine rings is 2. The van der Waals surface area contributed by atoms with E-state index in [4.69, 9.17) is 15.3 Å². The molecule has 0 aliphatic rings. The number of carbonyl (C=O) groups excluding carboxylic acids is 3. The molecule has 0 saturated carbocycles. The van der Waals surface area contributed by atoms with Crippen LogP contribution >= 0.6 is 0 Å². The van der Waals surface area contributed by atoms with Crippen LogP contribution < -0.4 is 31.7 Å². The minimum absolute atomic E-state index is 0.0752. The highest BCUT2D eigenvalue weighted by Crippen LogP contribution is 2.20. The van der Waals surface area contributed by atoms with Crippen LogP contribution in [0.3, 0.4) is 0 Å². The van der Waals surface area contributed by atoms with Gasteiger partial charge in [-0.05, 0) is 30.2 Å². The molecule has 0 radical (unpaired) electrons. The minimum Gasteiger partial charge on any atom is -0.455 e. The van der Waals surface area contributed by atoms with Crippen LogP contribution in [0.2, 0.25) is 0 Å². The molecule has 13 heteroatoms. The summed E-state index contributed by atoms with van der Waals surface area (Å²) in [7, 11) is 0. The third-order valence-corrected chi connectivity index (χ3v) is 5.83. The molecule has 212 valence electrons. The first-order valence-electron chi connectivity index (χ1n) is 12.5. The lowest BCUT2D eigenvalue weighted by molar-refractivity contribution is -0.131. The van der Waals surface area contributed by atoms with E-state index in [0.29, 0.717) is 12.2 Å². The molecule has 0 aliphatic heterocycles. The first-order chi connectivity index (χ1) is 19.2. The molecule has 0 fully saturated rings. The number of aryl methyl sites for hydroxylation is 1. The number of amides is 2. The van der Waals surface area contributed by atoms with Gasteiger partial charge in [0.1, 0.15) is 17.1 Å². The first kappa shape index (κ1) is 29.6. The fraction of sp³-hybridized carbons (Fsp3) is 0.296. The standard InChI is InChI=1S/C27H31N5O8/c1-19(33)21-7-4-11-26(36)32(21)40-18-39-23-9-3-2-6-20(23)12-13-24(34)30(16-14-28)17-15-29-27(37)22-8-5-10-25(35)31(22)38/h2-11,38H,12-18,28H2,1H3,(H,29,37). The predicted molar refractivity (Wildman–Crippen MR) is 143 cm³/mol. The van der Waals surface area contributed by atoms with Crippen molar-refractivity contribution in [2.45, 2.75) is 19.8 Å². The molecular weight excluding hydrogens is 522 g/mol. The molecule has 0 saturated heterocycles. The Balaban J connectivity index is 1.55. The number of carbonyl (C=O) groups is 3. The number of rotatable bonds is 14. The molecule has 2 aromatic heterocycles. The maximum Gasteiger partial charge on any atom is 0.283 e. The highest BCUT2D eigenvalue weighted by Gasteiger charge is 2.16. The Morgan fingerprint density at radius 1 is 0.950 bits per heavy atom. The molecule has 0 unspecified atom stereocenters. The summed E-state index contributed by atoms with van der Waals surface area (Å²) in [4.78, 5) is 67.5. The van der Waals surface area contributed by atoms with Crippen molar-refractivity contribution < 1.29 is 29.2 Å². The van der Waals surface area contributed by atoms with Crippen molar-refractivity contribution >= 4 is 17.6 Å². The molecule has 2 heterocycles. The molecule has 2 amide bonds. The molecule has 40 heavy (non-hydrogen) atoms. The quantitative estimate of drug-likeness (QED) is 0.142. The van der Waals surface area contributed by atoms with Gasteiger partial charge in [-0.2, -0.15) is 0 Å². The summed E-state index contributed by atoms with van der Waals surface area (Å²) in [6, 6.07) is 15.0. The molecular formula is C27H31N5O8. The van der Waals surface area contributed by atoms with E-state index in [9.17, 15) is 29.2 Å².